The standard InChI is InChI=1S/C25H30N4O2/c1-6-29(7-2)12-13-31-20-11-10-18-22(30)21-17-9-8-16(15-26-5)14-19(17)27-24(21)25(3,4)23(18)28-20/h8-11,14,27H,5-7,12-13,15H2,1-4H3. The molecular formula is C25H30N4O2. The highest BCUT2D eigenvalue weighted by atomic mass is 16.5. The van der Waals surface area contributed by atoms with Gasteiger partial charge in [0.25, 0.3) is 0 Å². The van der Waals surface area contributed by atoms with E-state index < -0.39 is 5.41 Å². The molecule has 0 fully saturated rings. The number of nitrogens with zero attached hydrogens (tertiary/aromatic N) is 3. The lowest BCUT2D eigenvalue weighted by atomic mass is 9.74. The second kappa shape index (κ2) is 8.27. The van der Waals surface area contributed by atoms with Crippen molar-refractivity contribution in [2.45, 2.75) is 39.7 Å². The molecule has 1 aliphatic carbocycles. The maximum absolute atomic E-state index is 13.4. The van der Waals surface area contributed by atoms with Crippen molar-refractivity contribution in [2.24, 2.45) is 4.99 Å². The largest absolute Gasteiger partial charge is 0.476 e. The van der Waals surface area contributed by atoms with Crippen LogP contribution in [0.15, 0.2) is 35.3 Å². The Morgan fingerprint density at radius 3 is 2.68 bits per heavy atom. The van der Waals surface area contributed by atoms with E-state index in [0.717, 1.165) is 53.1 Å². The highest BCUT2D eigenvalue weighted by Gasteiger charge is 2.41. The van der Waals surface area contributed by atoms with Crippen molar-refractivity contribution in [3.63, 3.8) is 0 Å². The average Bonchev–Trinajstić information content (AvgIpc) is 3.16. The van der Waals surface area contributed by atoms with Crippen LogP contribution in [0, 0.1) is 0 Å². The Morgan fingerprint density at radius 2 is 1.97 bits per heavy atom. The first-order valence-corrected chi connectivity index (χ1v) is 10.9. The lowest BCUT2D eigenvalue weighted by Crippen LogP contribution is -2.32. The van der Waals surface area contributed by atoms with E-state index in [9.17, 15) is 4.79 Å². The fourth-order valence-corrected chi connectivity index (χ4v) is 4.43. The van der Waals surface area contributed by atoms with E-state index in [0.29, 0.717) is 24.6 Å². The van der Waals surface area contributed by atoms with E-state index in [1.165, 1.54) is 0 Å². The molecule has 0 amide bonds. The molecule has 1 aromatic carbocycles. The maximum atomic E-state index is 13.4. The molecule has 4 rings (SSSR count). The Morgan fingerprint density at radius 1 is 1.19 bits per heavy atom. The third-order valence-electron chi connectivity index (χ3n) is 6.27. The number of nitrogens with one attached hydrogen (secondary N) is 1. The summed E-state index contributed by atoms with van der Waals surface area (Å²) in [6.45, 7) is 16.0. The molecule has 6 heteroatoms. The number of fused-ring (bicyclic) bond motifs is 4. The third kappa shape index (κ3) is 3.65. The molecule has 6 nitrogen and oxygen atoms in total. The fraction of sp³-hybridized carbons (Fsp3) is 0.400. The summed E-state index contributed by atoms with van der Waals surface area (Å²) in [6.07, 6.45) is 0. The molecule has 162 valence electrons. The second-order valence-electron chi connectivity index (χ2n) is 8.51. The number of ether oxygens (including phenoxy) is 1. The Labute approximate surface area is 183 Å². The number of hydrogen-bond acceptors (Lipinski definition) is 5. The van der Waals surface area contributed by atoms with Crippen molar-refractivity contribution in [2.75, 3.05) is 26.2 Å². The van der Waals surface area contributed by atoms with Crippen molar-refractivity contribution in [3.05, 3.63) is 58.4 Å². The number of hydrogen-bond donors (Lipinski definition) is 1. The van der Waals surface area contributed by atoms with Gasteiger partial charge in [-0.2, -0.15) is 0 Å². The predicted octanol–water partition coefficient (Wildman–Crippen LogP) is 4.35. The van der Waals surface area contributed by atoms with Gasteiger partial charge in [-0.15, -0.1) is 0 Å². The highest BCUT2D eigenvalue weighted by molar-refractivity contribution is 6.19. The molecule has 31 heavy (non-hydrogen) atoms. The van der Waals surface area contributed by atoms with Gasteiger partial charge in [0.1, 0.15) is 6.61 Å². The Bertz CT molecular complexity index is 1140. The number of aromatic nitrogens is 2. The molecule has 1 aliphatic rings. The number of ketones is 1. The number of rotatable bonds is 8. The fourth-order valence-electron chi connectivity index (χ4n) is 4.43. The predicted molar refractivity (Wildman–Crippen MR) is 125 cm³/mol. The minimum absolute atomic E-state index is 0.00682. The molecule has 1 N–H and O–H groups in total. The summed E-state index contributed by atoms with van der Waals surface area (Å²) < 4.78 is 5.93. The molecule has 0 atom stereocenters. The van der Waals surface area contributed by atoms with Crippen LogP contribution in [0.3, 0.4) is 0 Å². The highest BCUT2D eigenvalue weighted by Crippen LogP contribution is 2.43. The summed E-state index contributed by atoms with van der Waals surface area (Å²) in [5.74, 6) is 0.568. The van der Waals surface area contributed by atoms with E-state index in [-0.39, 0.29) is 5.78 Å². The number of aromatic amines is 1. The van der Waals surface area contributed by atoms with Crippen molar-refractivity contribution < 1.29 is 9.53 Å². The zero-order valence-electron chi connectivity index (χ0n) is 18.8. The van der Waals surface area contributed by atoms with Crippen LogP contribution in [-0.2, 0) is 12.0 Å². The quantitative estimate of drug-likeness (QED) is 0.552. The molecule has 2 heterocycles. The molecule has 0 saturated heterocycles. The van der Waals surface area contributed by atoms with E-state index in [2.05, 4.69) is 49.3 Å². The van der Waals surface area contributed by atoms with Crippen LogP contribution in [0.2, 0.25) is 0 Å². The molecule has 0 aliphatic heterocycles. The first-order chi connectivity index (χ1) is 14.9. The molecule has 0 radical (unpaired) electrons. The number of pyridine rings is 1. The van der Waals surface area contributed by atoms with Gasteiger partial charge in [0, 0.05) is 40.2 Å². The molecular weight excluding hydrogens is 388 g/mol. The lowest BCUT2D eigenvalue weighted by molar-refractivity contribution is 0.103. The minimum Gasteiger partial charge on any atom is -0.476 e. The van der Waals surface area contributed by atoms with Crippen molar-refractivity contribution in [1.29, 1.82) is 0 Å². The van der Waals surface area contributed by atoms with E-state index in [1.807, 2.05) is 30.3 Å². The van der Waals surface area contributed by atoms with E-state index in [4.69, 9.17) is 9.72 Å². The van der Waals surface area contributed by atoms with Gasteiger partial charge in [0.05, 0.1) is 17.8 Å². The number of carbonyl (C=O) groups is 1. The maximum Gasteiger partial charge on any atom is 0.213 e. The lowest BCUT2D eigenvalue weighted by Gasteiger charge is -2.31. The topological polar surface area (TPSA) is 70.6 Å². The van der Waals surface area contributed by atoms with Gasteiger partial charge in [-0.25, -0.2) is 4.98 Å². The number of aliphatic imine (C=N–C) groups is 1. The van der Waals surface area contributed by atoms with Crippen LogP contribution < -0.4 is 4.74 Å². The van der Waals surface area contributed by atoms with Gasteiger partial charge >= 0.3 is 0 Å². The van der Waals surface area contributed by atoms with Gasteiger partial charge in [-0.05, 0) is 51.4 Å². The van der Waals surface area contributed by atoms with Crippen molar-refractivity contribution in [1.82, 2.24) is 14.9 Å². The first kappa shape index (κ1) is 21.2. The zero-order chi connectivity index (χ0) is 22.2. The zero-order valence-corrected chi connectivity index (χ0v) is 18.8. The first-order valence-electron chi connectivity index (χ1n) is 10.9. The minimum atomic E-state index is -0.452. The Balaban J connectivity index is 1.70. The molecule has 3 aromatic rings. The van der Waals surface area contributed by atoms with Crippen LogP contribution >= 0.6 is 0 Å². The summed E-state index contributed by atoms with van der Waals surface area (Å²) in [5.41, 5.74) is 4.59. The average molecular weight is 419 g/mol. The summed E-state index contributed by atoms with van der Waals surface area (Å²) >= 11 is 0. The van der Waals surface area contributed by atoms with E-state index in [1.54, 1.807) is 0 Å². The summed E-state index contributed by atoms with van der Waals surface area (Å²) in [6, 6.07) is 9.72. The summed E-state index contributed by atoms with van der Waals surface area (Å²) in [5, 5.41) is 0.936. The number of benzene rings is 1. The number of carbonyl (C=O) groups excluding carboxylic acids is 1. The molecule has 2 aromatic heterocycles. The van der Waals surface area contributed by atoms with E-state index >= 15 is 0 Å². The van der Waals surface area contributed by atoms with Crippen LogP contribution in [0.5, 0.6) is 5.88 Å². The molecule has 0 saturated carbocycles. The number of likely N-dealkylation sites (N-methyl/N-ethyl adjacent to an activating group) is 1. The SMILES string of the molecule is C=NCc1ccc2c3c([nH]c2c1)C(C)(C)c1nc(OCCN(CC)CC)ccc1C3=O. The Kier molecular flexibility index (Phi) is 5.67. The van der Waals surface area contributed by atoms with Crippen LogP contribution in [0.25, 0.3) is 10.9 Å². The molecule has 0 bridgehead atoms. The number of H-pyrrole nitrogens is 1. The van der Waals surface area contributed by atoms with Crippen LogP contribution in [-0.4, -0.2) is 53.6 Å². The Hall–Kier alpha value is -2.99. The summed E-state index contributed by atoms with van der Waals surface area (Å²) in [7, 11) is 0. The van der Waals surface area contributed by atoms with Crippen LogP contribution in [0.4, 0.5) is 0 Å². The van der Waals surface area contributed by atoms with Gasteiger partial charge in [-0.1, -0.05) is 26.0 Å². The molecule has 0 unspecified atom stereocenters. The van der Waals surface area contributed by atoms with Crippen molar-refractivity contribution >= 4 is 23.4 Å². The van der Waals surface area contributed by atoms with Gasteiger partial charge in [-0.3, -0.25) is 9.79 Å². The van der Waals surface area contributed by atoms with Gasteiger partial charge in [0.15, 0.2) is 5.78 Å². The second-order valence-corrected chi connectivity index (χ2v) is 8.51. The smallest absolute Gasteiger partial charge is 0.213 e. The van der Waals surface area contributed by atoms with Crippen LogP contribution in [0.1, 0.15) is 60.6 Å². The normalized spacial score (nSPS) is 14.5. The third-order valence-corrected chi connectivity index (χ3v) is 6.27. The summed E-state index contributed by atoms with van der Waals surface area (Å²) in [4.78, 5) is 28.0. The van der Waals surface area contributed by atoms with Gasteiger partial charge < -0.3 is 14.6 Å². The van der Waals surface area contributed by atoms with Crippen molar-refractivity contribution in [3.8, 4) is 5.88 Å². The monoisotopic (exact) mass is 418 g/mol. The van der Waals surface area contributed by atoms with Gasteiger partial charge in [0.2, 0.25) is 5.88 Å². The molecule has 0 spiro atoms.